The normalized spacial score (nSPS) is 31.4. The van der Waals surface area contributed by atoms with Gasteiger partial charge in [-0.3, -0.25) is 19.3 Å². The lowest BCUT2D eigenvalue weighted by molar-refractivity contribution is -0.135. The number of benzene rings is 2. The van der Waals surface area contributed by atoms with Crippen LogP contribution in [0.3, 0.4) is 0 Å². The third-order valence-electron chi connectivity index (χ3n) is 7.65. The molecule has 7 heteroatoms. The smallest absolute Gasteiger partial charge is 0.250 e. The third-order valence-corrected chi connectivity index (χ3v) is 8.06. The number of rotatable bonds is 1. The van der Waals surface area contributed by atoms with Crippen LogP contribution < -0.4 is 10.2 Å². The summed E-state index contributed by atoms with van der Waals surface area (Å²) in [5, 5.41) is 3.58. The second-order valence-electron chi connectivity index (χ2n) is 9.07. The standard InChI is InChI=1S/C24H22ClN3O3/c1-12-5-7-14(8-6-12)28-21(29)18-17-4-3-11-27(17)24(19(18)22(28)30)15-9-10-16(25)13(2)20(15)26-23(24)31/h5-10,17-19H,3-4,11H2,1-2H3,(H,26,31)/t17-,18-,19+,24-/m1/s1. The molecule has 158 valence electrons. The van der Waals surface area contributed by atoms with Gasteiger partial charge in [0.15, 0.2) is 0 Å². The fraction of sp³-hybridized carbons (Fsp3) is 0.375. The van der Waals surface area contributed by atoms with Gasteiger partial charge in [0.25, 0.3) is 0 Å². The number of hydrogen-bond acceptors (Lipinski definition) is 4. The summed E-state index contributed by atoms with van der Waals surface area (Å²) in [6, 6.07) is 10.9. The minimum Gasteiger partial charge on any atom is -0.324 e. The fourth-order valence-corrected chi connectivity index (χ4v) is 6.50. The van der Waals surface area contributed by atoms with Crippen molar-refractivity contribution in [2.75, 3.05) is 16.8 Å². The molecule has 4 aliphatic heterocycles. The van der Waals surface area contributed by atoms with Crippen molar-refractivity contribution in [3.05, 3.63) is 58.1 Å². The van der Waals surface area contributed by atoms with Gasteiger partial charge in [-0.05, 0) is 57.0 Å². The Bertz CT molecular complexity index is 1180. The largest absolute Gasteiger partial charge is 0.324 e. The number of amides is 3. The summed E-state index contributed by atoms with van der Waals surface area (Å²) >= 11 is 6.33. The second kappa shape index (κ2) is 6.17. The number of fused-ring (bicyclic) bond motifs is 7. The van der Waals surface area contributed by atoms with E-state index in [0.717, 1.165) is 29.5 Å². The van der Waals surface area contributed by atoms with E-state index >= 15 is 0 Å². The molecule has 1 spiro atoms. The Hall–Kier alpha value is -2.70. The maximum absolute atomic E-state index is 13.9. The summed E-state index contributed by atoms with van der Waals surface area (Å²) in [5.74, 6) is -1.97. The van der Waals surface area contributed by atoms with Gasteiger partial charge in [-0.25, -0.2) is 4.90 Å². The molecule has 2 aromatic rings. The highest BCUT2D eigenvalue weighted by Gasteiger charge is 2.74. The molecule has 0 bridgehead atoms. The second-order valence-corrected chi connectivity index (χ2v) is 9.48. The first-order valence-corrected chi connectivity index (χ1v) is 11.1. The first kappa shape index (κ1) is 19.0. The summed E-state index contributed by atoms with van der Waals surface area (Å²) in [6.07, 6.45) is 1.70. The van der Waals surface area contributed by atoms with E-state index in [9.17, 15) is 14.4 Å². The molecule has 3 amide bonds. The summed E-state index contributed by atoms with van der Waals surface area (Å²) < 4.78 is 0. The van der Waals surface area contributed by atoms with E-state index in [1.807, 2.05) is 32.0 Å². The minimum absolute atomic E-state index is 0.121. The van der Waals surface area contributed by atoms with Crippen molar-refractivity contribution < 1.29 is 14.4 Å². The van der Waals surface area contributed by atoms with Crippen LogP contribution in [0, 0.1) is 25.7 Å². The Morgan fingerprint density at radius 3 is 2.52 bits per heavy atom. The van der Waals surface area contributed by atoms with E-state index in [0.29, 0.717) is 22.9 Å². The number of aryl methyl sites for hydroxylation is 1. The maximum Gasteiger partial charge on any atom is 0.250 e. The van der Waals surface area contributed by atoms with Gasteiger partial charge in [0.1, 0.15) is 5.54 Å². The van der Waals surface area contributed by atoms with E-state index in [4.69, 9.17) is 11.6 Å². The number of anilines is 2. The lowest BCUT2D eigenvalue weighted by Crippen LogP contribution is -2.54. The number of imide groups is 1. The molecule has 0 saturated carbocycles. The molecule has 0 radical (unpaired) electrons. The molecule has 1 N–H and O–H groups in total. The maximum atomic E-state index is 13.9. The van der Waals surface area contributed by atoms with E-state index < -0.39 is 17.4 Å². The van der Waals surface area contributed by atoms with Crippen LogP contribution in [-0.2, 0) is 19.9 Å². The van der Waals surface area contributed by atoms with Crippen molar-refractivity contribution in [3.8, 4) is 0 Å². The lowest BCUT2D eigenvalue weighted by Gasteiger charge is -2.36. The zero-order chi connectivity index (χ0) is 21.7. The number of carbonyl (C=O) groups excluding carboxylic acids is 3. The molecule has 4 heterocycles. The average Bonchev–Trinajstić information content (AvgIpc) is 3.45. The monoisotopic (exact) mass is 435 g/mol. The van der Waals surface area contributed by atoms with Gasteiger partial charge in [-0.1, -0.05) is 35.4 Å². The van der Waals surface area contributed by atoms with Gasteiger partial charge < -0.3 is 5.32 Å². The van der Waals surface area contributed by atoms with Crippen molar-refractivity contribution in [3.63, 3.8) is 0 Å². The number of nitrogens with one attached hydrogen (secondary N) is 1. The van der Waals surface area contributed by atoms with Crippen molar-refractivity contribution in [1.29, 1.82) is 0 Å². The first-order chi connectivity index (χ1) is 14.9. The average molecular weight is 436 g/mol. The van der Waals surface area contributed by atoms with Gasteiger partial charge in [0, 0.05) is 16.6 Å². The molecule has 2 aromatic carbocycles. The molecule has 0 unspecified atom stereocenters. The predicted molar refractivity (Wildman–Crippen MR) is 117 cm³/mol. The molecule has 6 rings (SSSR count). The highest BCUT2D eigenvalue weighted by Crippen LogP contribution is 2.61. The van der Waals surface area contributed by atoms with E-state index in [1.54, 1.807) is 18.2 Å². The number of hydrogen-bond donors (Lipinski definition) is 1. The fourth-order valence-electron chi connectivity index (χ4n) is 6.34. The van der Waals surface area contributed by atoms with Crippen LogP contribution in [0.15, 0.2) is 36.4 Å². The number of carbonyl (C=O) groups is 3. The Balaban J connectivity index is 1.56. The molecule has 0 aromatic heterocycles. The van der Waals surface area contributed by atoms with Gasteiger partial charge in [0.05, 0.1) is 23.2 Å². The Labute approximate surface area is 185 Å². The summed E-state index contributed by atoms with van der Waals surface area (Å²) in [7, 11) is 0. The first-order valence-electron chi connectivity index (χ1n) is 10.7. The van der Waals surface area contributed by atoms with Crippen molar-refractivity contribution in [1.82, 2.24) is 4.90 Å². The van der Waals surface area contributed by atoms with Crippen LogP contribution >= 0.6 is 11.6 Å². The lowest BCUT2D eigenvalue weighted by atomic mass is 9.75. The Morgan fingerprint density at radius 2 is 1.77 bits per heavy atom. The Morgan fingerprint density at radius 1 is 1.03 bits per heavy atom. The van der Waals surface area contributed by atoms with Crippen LogP contribution in [0.2, 0.25) is 5.02 Å². The molecule has 6 nitrogen and oxygen atoms in total. The molecule has 4 aliphatic rings. The third kappa shape index (κ3) is 2.14. The summed E-state index contributed by atoms with van der Waals surface area (Å²) in [5.41, 5.74) is 2.70. The van der Waals surface area contributed by atoms with Gasteiger partial charge >= 0.3 is 0 Å². The highest BCUT2D eigenvalue weighted by atomic mass is 35.5. The van der Waals surface area contributed by atoms with Gasteiger partial charge in [0.2, 0.25) is 17.7 Å². The topological polar surface area (TPSA) is 69.7 Å². The number of halogens is 1. The van der Waals surface area contributed by atoms with E-state index in [-0.39, 0.29) is 23.8 Å². The quantitative estimate of drug-likeness (QED) is 0.697. The Kier molecular flexibility index (Phi) is 3.79. The van der Waals surface area contributed by atoms with E-state index in [1.165, 1.54) is 4.90 Å². The van der Waals surface area contributed by atoms with Crippen molar-refractivity contribution >= 4 is 40.7 Å². The SMILES string of the molecule is Cc1ccc(N2C(=O)[C@@H]3[C@H]4CCCN4[C@@]4(C(=O)Nc5c4ccc(Cl)c5C)[C@@H]3C2=O)cc1. The minimum atomic E-state index is -1.16. The van der Waals surface area contributed by atoms with Crippen LogP contribution in [0.25, 0.3) is 0 Å². The van der Waals surface area contributed by atoms with Crippen LogP contribution in [0.4, 0.5) is 11.4 Å². The molecular weight excluding hydrogens is 414 g/mol. The summed E-state index contributed by atoms with van der Waals surface area (Å²) in [6.45, 7) is 4.52. The molecule has 4 atom stereocenters. The molecule has 3 saturated heterocycles. The van der Waals surface area contributed by atoms with Gasteiger partial charge in [-0.15, -0.1) is 0 Å². The molecule has 0 aliphatic carbocycles. The zero-order valence-electron chi connectivity index (χ0n) is 17.3. The zero-order valence-corrected chi connectivity index (χ0v) is 18.1. The van der Waals surface area contributed by atoms with Crippen molar-refractivity contribution in [2.45, 2.75) is 38.3 Å². The van der Waals surface area contributed by atoms with Crippen molar-refractivity contribution in [2.24, 2.45) is 11.8 Å². The van der Waals surface area contributed by atoms with Crippen LogP contribution in [0.5, 0.6) is 0 Å². The molecule has 3 fully saturated rings. The summed E-state index contributed by atoms with van der Waals surface area (Å²) in [4.78, 5) is 44.6. The molecular formula is C24H22ClN3O3. The number of nitrogens with zero attached hydrogens (tertiary/aromatic N) is 2. The predicted octanol–water partition coefficient (Wildman–Crippen LogP) is 3.39. The van der Waals surface area contributed by atoms with Crippen LogP contribution in [-0.4, -0.2) is 35.2 Å². The molecule has 31 heavy (non-hydrogen) atoms. The van der Waals surface area contributed by atoms with E-state index in [2.05, 4.69) is 10.2 Å². The highest BCUT2D eigenvalue weighted by molar-refractivity contribution is 6.32. The van der Waals surface area contributed by atoms with Crippen LogP contribution in [0.1, 0.15) is 29.5 Å². The van der Waals surface area contributed by atoms with Gasteiger partial charge in [-0.2, -0.15) is 0 Å².